The van der Waals surface area contributed by atoms with Crippen LogP contribution >= 0.6 is 11.3 Å². The molecular weight excluding hydrogens is 198 g/mol. The maximum Gasteiger partial charge on any atom is 0.228 e. The monoisotopic (exact) mass is 211 g/mol. The lowest BCUT2D eigenvalue weighted by Gasteiger charge is -2.13. The van der Waals surface area contributed by atoms with Crippen LogP contribution in [0.1, 0.15) is 5.69 Å². The zero-order valence-corrected chi connectivity index (χ0v) is 8.88. The van der Waals surface area contributed by atoms with E-state index in [2.05, 4.69) is 11.6 Å². The van der Waals surface area contributed by atoms with E-state index < -0.39 is 0 Å². The Morgan fingerprint density at radius 1 is 1.86 bits per heavy atom. The minimum atomic E-state index is 0.0233. The lowest BCUT2D eigenvalue weighted by molar-refractivity contribution is -0.128. The van der Waals surface area contributed by atoms with Gasteiger partial charge in [0.15, 0.2) is 5.13 Å². The summed E-state index contributed by atoms with van der Waals surface area (Å²) in [5.74, 6) is 0.0233. The van der Waals surface area contributed by atoms with E-state index in [0.717, 1.165) is 5.69 Å². The van der Waals surface area contributed by atoms with Gasteiger partial charge in [-0.2, -0.15) is 0 Å². The van der Waals surface area contributed by atoms with Crippen LogP contribution in [0, 0.1) is 0 Å². The van der Waals surface area contributed by atoms with E-state index in [1.54, 1.807) is 23.4 Å². The van der Waals surface area contributed by atoms with Crippen LogP contribution in [0.2, 0.25) is 0 Å². The molecule has 2 N–H and O–H groups in total. The van der Waals surface area contributed by atoms with Gasteiger partial charge in [0.05, 0.1) is 12.1 Å². The summed E-state index contributed by atoms with van der Waals surface area (Å²) in [6, 6.07) is 0. The molecule has 0 atom stereocenters. The molecule has 0 saturated carbocycles. The number of nitrogen functional groups attached to an aromatic ring is 1. The SMILES string of the molecule is C=CCN(C)C(=O)Cc1csc(N)n1. The Bertz CT molecular complexity index is 335. The summed E-state index contributed by atoms with van der Waals surface area (Å²) in [6.45, 7) is 4.12. The Morgan fingerprint density at radius 3 is 3.07 bits per heavy atom. The van der Waals surface area contributed by atoms with Crippen LogP contribution in [-0.2, 0) is 11.2 Å². The van der Waals surface area contributed by atoms with Crippen molar-refractivity contribution >= 4 is 22.4 Å². The van der Waals surface area contributed by atoms with Gasteiger partial charge in [0.2, 0.25) is 5.91 Å². The minimum absolute atomic E-state index is 0.0233. The summed E-state index contributed by atoms with van der Waals surface area (Å²) in [6.07, 6.45) is 1.99. The first-order valence-electron chi connectivity index (χ1n) is 4.18. The van der Waals surface area contributed by atoms with E-state index in [1.807, 2.05) is 0 Å². The first-order chi connectivity index (χ1) is 6.63. The standard InChI is InChI=1S/C9H13N3OS/c1-3-4-12(2)8(13)5-7-6-14-9(10)11-7/h3,6H,1,4-5H2,2H3,(H2,10,11). The van der Waals surface area contributed by atoms with Gasteiger partial charge in [0.25, 0.3) is 0 Å². The molecule has 1 aromatic rings. The van der Waals surface area contributed by atoms with Crippen molar-refractivity contribution in [3.63, 3.8) is 0 Å². The quantitative estimate of drug-likeness (QED) is 0.753. The van der Waals surface area contributed by atoms with Crippen LogP contribution in [0.3, 0.4) is 0 Å². The van der Waals surface area contributed by atoms with Crippen molar-refractivity contribution in [3.8, 4) is 0 Å². The molecule has 1 amide bonds. The minimum Gasteiger partial charge on any atom is -0.375 e. The number of carbonyl (C=O) groups is 1. The van der Waals surface area contributed by atoms with Crippen molar-refractivity contribution in [1.29, 1.82) is 0 Å². The third kappa shape index (κ3) is 2.85. The Morgan fingerprint density at radius 2 is 2.57 bits per heavy atom. The third-order valence-electron chi connectivity index (χ3n) is 1.73. The molecule has 0 aliphatic carbocycles. The molecule has 0 bridgehead atoms. The molecule has 0 radical (unpaired) electrons. The van der Waals surface area contributed by atoms with E-state index in [0.29, 0.717) is 18.1 Å². The number of carbonyl (C=O) groups excluding carboxylic acids is 1. The van der Waals surface area contributed by atoms with Gasteiger partial charge < -0.3 is 10.6 Å². The molecule has 76 valence electrons. The molecule has 4 nitrogen and oxygen atoms in total. The highest BCUT2D eigenvalue weighted by atomic mass is 32.1. The fourth-order valence-corrected chi connectivity index (χ4v) is 1.55. The van der Waals surface area contributed by atoms with Gasteiger partial charge in [-0.25, -0.2) is 4.98 Å². The normalized spacial score (nSPS) is 9.79. The first kappa shape index (κ1) is 10.7. The van der Waals surface area contributed by atoms with Crippen LogP contribution in [0.5, 0.6) is 0 Å². The molecular formula is C9H13N3OS. The lowest BCUT2D eigenvalue weighted by Crippen LogP contribution is -2.28. The van der Waals surface area contributed by atoms with Crippen molar-refractivity contribution in [2.45, 2.75) is 6.42 Å². The average Bonchev–Trinajstić information content (AvgIpc) is 2.51. The van der Waals surface area contributed by atoms with E-state index in [-0.39, 0.29) is 5.91 Å². The predicted molar refractivity (Wildman–Crippen MR) is 58.1 cm³/mol. The van der Waals surface area contributed by atoms with Crippen LogP contribution < -0.4 is 5.73 Å². The second-order valence-electron chi connectivity index (χ2n) is 2.92. The van der Waals surface area contributed by atoms with E-state index in [4.69, 9.17) is 5.73 Å². The first-order valence-corrected chi connectivity index (χ1v) is 5.06. The van der Waals surface area contributed by atoms with Gasteiger partial charge in [0, 0.05) is 19.0 Å². The molecule has 1 aromatic heterocycles. The second kappa shape index (κ2) is 4.76. The van der Waals surface area contributed by atoms with Crippen LogP contribution in [0.4, 0.5) is 5.13 Å². The molecule has 0 spiro atoms. The Kier molecular flexibility index (Phi) is 3.64. The molecule has 14 heavy (non-hydrogen) atoms. The summed E-state index contributed by atoms with van der Waals surface area (Å²) in [5, 5.41) is 2.30. The number of amides is 1. The highest BCUT2D eigenvalue weighted by Gasteiger charge is 2.09. The Hall–Kier alpha value is -1.36. The van der Waals surface area contributed by atoms with Crippen LogP contribution in [-0.4, -0.2) is 29.4 Å². The number of likely N-dealkylation sites (N-methyl/N-ethyl adjacent to an activating group) is 1. The Labute approximate surface area is 87.1 Å². The molecule has 0 saturated heterocycles. The number of nitrogens with two attached hydrogens (primary N) is 1. The van der Waals surface area contributed by atoms with Crippen molar-refractivity contribution in [3.05, 3.63) is 23.7 Å². The number of thiazole rings is 1. The zero-order valence-electron chi connectivity index (χ0n) is 8.06. The number of anilines is 1. The largest absolute Gasteiger partial charge is 0.375 e. The number of aromatic nitrogens is 1. The van der Waals surface area contributed by atoms with Crippen molar-refractivity contribution in [1.82, 2.24) is 9.88 Å². The fourth-order valence-electron chi connectivity index (χ4n) is 0.989. The molecule has 0 aliphatic heterocycles. The van der Waals surface area contributed by atoms with E-state index in [9.17, 15) is 4.79 Å². The zero-order chi connectivity index (χ0) is 10.6. The van der Waals surface area contributed by atoms with Gasteiger partial charge in [-0.15, -0.1) is 17.9 Å². The smallest absolute Gasteiger partial charge is 0.228 e. The molecule has 1 rings (SSSR count). The van der Waals surface area contributed by atoms with Gasteiger partial charge in [0.1, 0.15) is 0 Å². The molecule has 0 fully saturated rings. The van der Waals surface area contributed by atoms with Crippen molar-refractivity contribution in [2.75, 3.05) is 19.3 Å². The van der Waals surface area contributed by atoms with E-state index in [1.165, 1.54) is 11.3 Å². The van der Waals surface area contributed by atoms with Gasteiger partial charge in [-0.3, -0.25) is 4.79 Å². The summed E-state index contributed by atoms with van der Waals surface area (Å²) < 4.78 is 0. The lowest BCUT2D eigenvalue weighted by atomic mass is 10.3. The maximum atomic E-state index is 11.5. The summed E-state index contributed by atoms with van der Waals surface area (Å²) in [4.78, 5) is 17.1. The topological polar surface area (TPSA) is 59.2 Å². The highest BCUT2D eigenvalue weighted by Crippen LogP contribution is 2.11. The second-order valence-corrected chi connectivity index (χ2v) is 3.81. The number of rotatable bonds is 4. The molecule has 0 aromatic carbocycles. The number of hydrogen-bond donors (Lipinski definition) is 1. The van der Waals surface area contributed by atoms with Crippen LogP contribution in [0.25, 0.3) is 0 Å². The fraction of sp³-hybridized carbons (Fsp3) is 0.333. The van der Waals surface area contributed by atoms with Crippen molar-refractivity contribution < 1.29 is 4.79 Å². The number of hydrogen-bond acceptors (Lipinski definition) is 4. The maximum absolute atomic E-state index is 11.5. The Balaban J connectivity index is 2.52. The average molecular weight is 211 g/mol. The molecule has 5 heteroatoms. The van der Waals surface area contributed by atoms with Crippen molar-refractivity contribution in [2.24, 2.45) is 0 Å². The predicted octanol–water partition coefficient (Wildman–Crippen LogP) is 0.912. The van der Waals surface area contributed by atoms with Gasteiger partial charge in [-0.1, -0.05) is 6.08 Å². The van der Waals surface area contributed by atoms with E-state index >= 15 is 0 Å². The molecule has 1 heterocycles. The van der Waals surface area contributed by atoms with Gasteiger partial charge >= 0.3 is 0 Å². The number of nitrogens with zero attached hydrogens (tertiary/aromatic N) is 2. The molecule has 0 aliphatic rings. The highest BCUT2D eigenvalue weighted by molar-refractivity contribution is 7.13. The van der Waals surface area contributed by atoms with Gasteiger partial charge in [-0.05, 0) is 0 Å². The molecule has 0 unspecified atom stereocenters. The summed E-state index contributed by atoms with van der Waals surface area (Å²) in [5.41, 5.74) is 6.19. The third-order valence-corrected chi connectivity index (χ3v) is 2.45. The summed E-state index contributed by atoms with van der Waals surface area (Å²) in [7, 11) is 1.74. The van der Waals surface area contributed by atoms with Crippen LogP contribution in [0.15, 0.2) is 18.0 Å². The summed E-state index contributed by atoms with van der Waals surface area (Å²) >= 11 is 1.35.